The molecule has 4 rings (SSSR count). The number of likely N-dealkylation sites (tertiary alicyclic amines) is 1. The molecule has 0 bridgehead atoms. The molecule has 0 spiro atoms. The maximum atomic E-state index is 16.8. The highest BCUT2D eigenvalue weighted by Crippen LogP contribution is 2.65. The molecule has 0 saturated carbocycles. The van der Waals surface area contributed by atoms with Crippen LogP contribution in [0.4, 0.5) is 8.78 Å². The van der Waals surface area contributed by atoms with Gasteiger partial charge in [-0.05, 0) is 30.5 Å². The Bertz CT molecular complexity index is 1310. The van der Waals surface area contributed by atoms with Gasteiger partial charge in [0.05, 0.1) is 45.7 Å². The third-order valence-electron chi connectivity index (χ3n) is 7.43. The van der Waals surface area contributed by atoms with Crippen LogP contribution in [0.1, 0.15) is 30.5 Å². The molecule has 1 aliphatic heterocycles. The fourth-order valence-corrected chi connectivity index (χ4v) is 7.19. The van der Waals surface area contributed by atoms with Crippen molar-refractivity contribution >= 4 is 7.60 Å². The molecule has 0 unspecified atom stereocenters. The van der Waals surface area contributed by atoms with E-state index in [1.54, 1.807) is 0 Å². The van der Waals surface area contributed by atoms with E-state index in [2.05, 4.69) is 6.58 Å². The minimum absolute atomic E-state index is 0.0360. The summed E-state index contributed by atoms with van der Waals surface area (Å²) < 4.78 is 76.9. The van der Waals surface area contributed by atoms with Crippen molar-refractivity contribution in [2.24, 2.45) is 0 Å². The zero-order valence-electron chi connectivity index (χ0n) is 25.3. The van der Waals surface area contributed by atoms with Gasteiger partial charge >= 0.3 is 13.3 Å². The van der Waals surface area contributed by atoms with Crippen molar-refractivity contribution in [1.29, 1.82) is 0 Å². The molecular weight excluding hydrogens is 587 g/mol. The molecule has 0 N–H and O–H groups in total. The second kappa shape index (κ2) is 16.5. The van der Waals surface area contributed by atoms with E-state index in [4.69, 9.17) is 23.3 Å². The Morgan fingerprint density at radius 1 is 0.773 bits per heavy atom. The van der Waals surface area contributed by atoms with Crippen molar-refractivity contribution in [1.82, 2.24) is 4.90 Å². The molecule has 3 aromatic rings. The first kappa shape index (κ1) is 34.1. The minimum atomic E-state index is -4.95. The SMILES string of the molecule is C=CCN1[C@H](COCc2ccccc2)[C@@H](OCc2ccccc2)[C@H](OCc2ccccc2)[C@H]1C(F)(F)P(=O)(OCC)OCC. The third kappa shape index (κ3) is 8.29. The van der Waals surface area contributed by atoms with E-state index < -0.39 is 37.6 Å². The van der Waals surface area contributed by atoms with Crippen LogP contribution in [0.3, 0.4) is 0 Å². The lowest BCUT2D eigenvalue weighted by atomic mass is 10.1. The maximum Gasteiger partial charge on any atom is 0.401 e. The number of hydrogen-bond donors (Lipinski definition) is 0. The molecule has 0 aliphatic carbocycles. The summed E-state index contributed by atoms with van der Waals surface area (Å²) in [6.07, 6.45) is -0.580. The Morgan fingerprint density at radius 3 is 1.68 bits per heavy atom. The zero-order valence-corrected chi connectivity index (χ0v) is 26.2. The minimum Gasteiger partial charge on any atom is -0.375 e. The molecule has 238 valence electrons. The fraction of sp³-hybridized carbons (Fsp3) is 0.412. The number of hydrogen-bond acceptors (Lipinski definition) is 7. The van der Waals surface area contributed by atoms with Gasteiger partial charge in [0.2, 0.25) is 0 Å². The van der Waals surface area contributed by atoms with Gasteiger partial charge in [-0.2, -0.15) is 8.78 Å². The van der Waals surface area contributed by atoms with Crippen molar-refractivity contribution in [3.63, 3.8) is 0 Å². The van der Waals surface area contributed by atoms with E-state index in [1.165, 1.54) is 24.8 Å². The summed E-state index contributed by atoms with van der Waals surface area (Å²) in [7, 11) is -4.95. The van der Waals surface area contributed by atoms with Gasteiger partial charge in [-0.15, -0.1) is 6.58 Å². The number of nitrogens with zero attached hydrogens (tertiary/aromatic N) is 1. The standard InChI is InChI=1S/C34H42F2NO6P/c1-4-22-37-30(26-39-23-27-16-10-7-11-17-27)31(40-24-28-18-12-8-13-19-28)32(41-25-29-20-14-9-15-21-29)33(37)34(35,36)44(38,42-5-2)43-6-3/h4,7-21,30-33H,1,5-6,22-26H2,2-3H3/t30-,31-,32+,33+/m1/s1. The van der Waals surface area contributed by atoms with Crippen molar-refractivity contribution in [3.05, 3.63) is 120 Å². The van der Waals surface area contributed by atoms with E-state index in [0.29, 0.717) is 0 Å². The molecule has 7 nitrogen and oxygen atoms in total. The monoisotopic (exact) mass is 629 g/mol. The number of rotatable bonds is 18. The number of alkyl halides is 2. The Labute approximate surface area is 259 Å². The molecule has 0 amide bonds. The molecule has 3 aromatic carbocycles. The van der Waals surface area contributed by atoms with Gasteiger partial charge in [-0.3, -0.25) is 9.46 Å². The van der Waals surface area contributed by atoms with Gasteiger partial charge in [0.25, 0.3) is 0 Å². The van der Waals surface area contributed by atoms with E-state index >= 15 is 8.78 Å². The lowest BCUT2D eigenvalue weighted by Gasteiger charge is -2.37. The van der Waals surface area contributed by atoms with Crippen molar-refractivity contribution in [2.45, 2.75) is 63.6 Å². The van der Waals surface area contributed by atoms with E-state index in [0.717, 1.165) is 16.7 Å². The molecule has 1 heterocycles. The molecule has 10 heteroatoms. The zero-order chi connectivity index (χ0) is 31.4. The van der Waals surface area contributed by atoms with Crippen LogP contribution in [0.15, 0.2) is 104 Å². The molecule has 4 atom stereocenters. The molecular formula is C34H42F2NO6P. The van der Waals surface area contributed by atoms with Crippen LogP contribution in [0.5, 0.6) is 0 Å². The van der Waals surface area contributed by atoms with Crippen LogP contribution in [-0.4, -0.2) is 61.2 Å². The maximum absolute atomic E-state index is 16.8. The van der Waals surface area contributed by atoms with Crippen LogP contribution in [-0.2, 0) is 47.6 Å². The van der Waals surface area contributed by atoms with Gasteiger partial charge in [-0.1, -0.05) is 97.1 Å². The molecule has 0 radical (unpaired) electrons. The highest BCUT2D eigenvalue weighted by molar-refractivity contribution is 7.55. The second-order valence-corrected chi connectivity index (χ2v) is 12.5. The van der Waals surface area contributed by atoms with Crippen LogP contribution in [0, 0.1) is 0 Å². The Kier molecular flexibility index (Phi) is 12.8. The first-order chi connectivity index (χ1) is 21.3. The summed E-state index contributed by atoms with van der Waals surface area (Å²) in [6.45, 7) is 6.97. The van der Waals surface area contributed by atoms with Crippen LogP contribution in [0.25, 0.3) is 0 Å². The van der Waals surface area contributed by atoms with E-state index in [9.17, 15) is 4.57 Å². The largest absolute Gasteiger partial charge is 0.401 e. The quantitative estimate of drug-likeness (QED) is 0.107. The van der Waals surface area contributed by atoms with Gasteiger partial charge in [0.1, 0.15) is 18.2 Å². The van der Waals surface area contributed by atoms with Crippen LogP contribution < -0.4 is 0 Å². The summed E-state index contributed by atoms with van der Waals surface area (Å²) >= 11 is 0. The summed E-state index contributed by atoms with van der Waals surface area (Å²) in [5.41, 5.74) is -1.35. The number of benzene rings is 3. The number of ether oxygens (including phenoxy) is 3. The first-order valence-corrected chi connectivity index (χ1v) is 16.4. The van der Waals surface area contributed by atoms with Gasteiger partial charge in [-0.25, -0.2) is 0 Å². The molecule has 1 saturated heterocycles. The predicted molar refractivity (Wildman–Crippen MR) is 166 cm³/mol. The summed E-state index contributed by atoms with van der Waals surface area (Å²) in [6, 6.07) is 25.9. The Hall–Kier alpha value is -2.75. The van der Waals surface area contributed by atoms with Crippen LogP contribution in [0.2, 0.25) is 0 Å². The third-order valence-corrected chi connectivity index (χ3v) is 9.62. The van der Waals surface area contributed by atoms with Crippen molar-refractivity contribution < 1.29 is 36.6 Å². The first-order valence-electron chi connectivity index (χ1n) is 14.9. The smallest absolute Gasteiger partial charge is 0.375 e. The lowest BCUT2D eigenvalue weighted by molar-refractivity contribution is -0.113. The normalized spacial score (nSPS) is 21.0. The average molecular weight is 630 g/mol. The molecule has 44 heavy (non-hydrogen) atoms. The highest BCUT2D eigenvalue weighted by Gasteiger charge is 2.68. The van der Waals surface area contributed by atoms with Gasteiger partial charge in [0.15, 0.2) is 0 Å². The van der Waals surface area contributed by atoms with Crippen molar-refractivity contribution in [3.8, 4) is 0 Å². The summed E-state index contributed by atoms with van der Waals surface area (Å²) in [5, 5.41) is 0. The highest BCUT2D eigenvalue weighted by atomic mass is 31.2. The Balaban J connectivity index is 1.75. The predicted octanol–water partition coefficient (Wildman–Crippen LogP) is 7.47. The van der Waals surface area contributed by atoms with Crippen LogP contribution >= 0.6 is 7.60 Å². The summed E-state index contributed by atoms with van der Waals surface area (Å²) in [5.74, 6) is 0. The summed E-state index contributed by atoms with van der Waals surface area (Å²) in [4.78, 5) is 1.52. The van der Waals surface area contributed by atoms with Gasteiger partial charge in [0, 0.05) is 6.54 Å². The average Bonchev–Trinajstić information content (AvgIpc) is 3.33. The Morgan fingerprint density at radius 2 is 1.23 bits per heavy atom. The van der Waals surface area contributed by atoms with Gasteiger partial charge < -0.3 is 23.3 Å². The van der Waals surface area contributed by atoms with Crippen molar-refractivity contribution in [2.75, 3.05) is 26.4 Å². The molecule has 0 aromatic heterocycles. The van der Waals surface area contributed by atoms with E-state index in [1.807, 2.05) is 91.0 Å². The second-order valence-electron chi connectivity index (χ2n) is 10.4. The number of halogens is 2. The lowest BCUT2D eigenvalue weighted by Crippen LogP contribution is -2.52. The molecule has 1 fully saturated rings. The van der Waals surface area contributed by atoms with E-state index in [-0.39, 0.29) is 46.2 Å². The fourth-order valence-electron chi connectivity index (χ4n) is 5.48. The topological polar surface area (TPSA) is 66.5 Å². The molecule has 1 aliphatic rings.